The summed E-state index contributed by atoms with van der Waals surface area (Å²) in [6.07, 6.45) is 3.92. The Balaban J connectivity index is 1.40. The molecule has 2 aromatic rings. The number of nitrogens with zero attached hydrogens (tertiary/aromatic N) is 3. The number of ether oxygens (including phenoxy) is 1. The molecule has 1 aliphatic carbocycles. The molecule has 0 bridgehead atoms. The van der Waals surface area contributed by atoms with E-state index in [-0.39, 0.29) is 17.8 Å². The number of anilines is 2. The fraction of sp³-hybridized carbons (Fsp3) is 0.480. The maximum atomic E-state index is 14.8. The summed E-state index contributed by atoms with van der Waals surface area (Å²) < 4.78 is 20.2. The number of benzene rings is 1. The predicted molar refractivity (Wildman–Crippen MR) is 124 cm³/mol. The third kappa shape index (κ3) is 3.81. The highest BCUT2D eigenvalue weighted by Gasteiger charge is 2.53. The first kappa shape index (κ1) is 21.7. The van der Waals surface area contributed by atoms with Crippen molar-refractivity contribution < 1.29 is 18.7 Å². The average Bonchev–Trinajstić information content (AvgIpc) is 3.04. The average molecular weight is 453 g/mol. The lowest BCUT2D eigenvalue weighted by molar-refractivity contribution is -0.123. The Hall–Kier alpha value is -3.16. The van der Waals surface area contributed by atoms with E-state index in [4.69, 9.17) is 4.74 Å². The molecule has 1 spiro atoms. The van der Waals surface area contributed by atoms with Crippen LogP contribution in [0.4, 0.5) is 20.7 Å². The minimum Gasteiger partial charge on any atom is -0.444 e. The summed E-state index contributed by atoms with van der Waals surface area (Å²) in [7, 11) is 0. The van der Waals surface area contributed by atoms with Gasteiger partial charge in [-0.15, -0.1) is 0 Å². The lowest BCUT2D eigenvalue weighted by Gasteiger charge is -2.37. The third-order valence-corrected chi connectivity index (χ3v) is 6.79. The van der Waals surface area contributed by atoms with Crippen molar-refractivity contribution >= 4 is 23.5 Å². The van der Waals surface area contributed by atoms with Crippen LogP contribution in [0.25, 0.3) is 11.1 Å². The second-order valence-electron chi connectivity index (χ2n) is 10.1. The first-order chi connectivity index (χ1) is 15.7. The van der Waals surface area contributed by atoms with Gasteiger partial charge in [0.2, 0.25) is 5.91 Å². The normalized spacial score (nSPS) is 19.2. The van der Waals surface area contributed by atoms with Gasteiger partial charge in [-0.25, -0.2) is 14.2 Å². The van der Waals surface area contributed by atoms with Gasteiger partial charge in [0.25, 0.3) is 0 Å². The number of hydrogen-bond donors (Lipinski definition) is 1. The van der Waals surface area contributed by atoms with E-state index in [0.29, 0.717) is 32.0 Å². The van der Waals surface area contributed by atoms with Gasteiger partial charge in [0.05, 0.1) is 5.41 Å². The van der Waals surface area contributed by atoms with Crippen LogP contribution < -0.4 is 10.2 Å². The molecule has 1 aromatic heterocycles. The van der Waals surface area contributed by atoms with Gasteiger partial charge in [-0.3, -0.25) is 4.79 Å². The van der Waals surface area contributed by atoms with Crippen LogP contribution in [0.5, 0.6) is 0 Å². The molecule has 174 valence electrons. The van der Waals surface area contributed by atoms with E-state index in [2.05, 4.69) is 15.2 Å². The first-order valence-electron chi connectivity index (χ1n) is 11.5. The lowest BCUT2D eigenvalue weighted by atomic mass is 9.64. The molecule has 2 amide bonds. The number of rotatable bonds is 2. The Bertz CT molecular complexity index is 1120. The Labute approximate surface area is 192 Å². The van der Waals surface area contributed by atoms with Crippen LogP contribution in [0.3, 0.4) is 0 Å². The van der Waals surface area contributed by atoms with Crippen molar-refractivity contribution in [2.24, 2.45) is 0 Å². The van der Waals surface area contributed by atoms with E-state index in [1.54, 1.807) is 11.1 Å². The Morgan fingerprint density at radius 3 is 2.52 bits per heavy atom. The van der Waals surface area contributed by atoms with Crippen LogP contribution in [-0.2, 0) is 14.9 Å². The molecule has 1 aromatic carbocycles. The molecule has 1 saturated carbocycles. The molecular formula is C25H29FN4O3. The van der Waals surface area contributed by atoms with Gasteiger partial charge in [-0.1, -0.05) is 6.42 Å². The number of carbonyl (C=O) groups is 2. The summed E-state index contributed by atoms with van der Waals surface area (Å²) in [4.78, 5) is 33.2. The Kier molecular flexibility index (Phi) is 5.06. The largest absolute Gasteiger partial charge is 0.444 e. The topological polar surface area (TPSA) is 74.8 Å². The molecule has 0 unspecified atom stereocenters. The van der Waals surface area contributed by atoms with Crippen molar-refractivity contribution in [3.05, 3.63) is 41.8 Å². The maximum Gasteiger partial charge on any atom is 0.410 e. The number of piperazine rings is 1. The van der Waals surface area contributed by atoms with E-state index in [0.717, 1.165) is 41.6 Å². The highest BCUT2D eigenvalue weighted by molar-refractivity contribution is 6.08. The van der Waals surface area contributed by atoms with E-state index >= 15 is 0 Å². The predicted octanol–water partition coefficient (Wildman–Crippen LogP) is 4.32. The van der Waals surface area contributed by atoms with Crippen LogP contribution in [0.2, 0.25) is 0 Å². The molecule has 5 rings (SSSR count). The van der Waals surface area contributed by atoms with E-state index < -0.39 is 11.0 Å². The molecule has 1 N–H and O–H groups in total. The summed E-state index contributed by atoms with van der Waals surface area (Å²) in [6.45, 7) is 7.73. The van der Waals surface area contributed by atoms with Crippen LogP contribution in [0.1, 0.15) is 45.6 Å². The van der Waals surface area contributed by atoms with Gasteiger partial charge in [0.15, 0.2) is 0 Å². The zero-order valence-corrected chi connectivity index (χ0v) is 19.3. The number of aromatic nitrogens is 1. The standard InChI is InChI=1S/C25H29FN4O3/c1-24(2,3)33-23(32)30-11-9-29(10-12-30)18-14-16(13-17(26)15-18)19-5-8-27-21-20(19)25(6-4-7-25)22(31)28-21/h5,8,13-15H,4,6-7,9-12H2,1-3H3,(H,27,28,31). The number of nitrogens with one attached hydrogen (secondary N) is 1. The minimum absolute atomic E-state index is 0.00130. The molecule has 7 nitrogen and oxygen atoms in total. The number of halogens is 1. The summed E-state index contributed by atoms with van der Waals surface area (Å²) in [6, 6.07) is 6.89. The summed E-state index contributed by atoms with van der Waals surface area (Å²) >= 11 is 0. The van der Waals surface area contributed by atoms with Crippen molar-refractivity contribution in [1.82, 2.24) is 9.88 Å². The van der Waals surface area contributed by atoms with E-state index in [1.807, 2.05) is 32.9 Å². The smallest absolute Gasteiger partial charge is 0.410 e. The van der Waals surface area contributed by atoms with Gasteiger partial charge >= 0.3 is 6.09 Å². The van der Waals surface area contributed by atoms with Crippen molar-refractivity contribution in [3.63, 3.8) is 0 Å². The number of hydrogen-bond acceptors (Lipinski definition) is 5. The van der Waals surface area contributed by atoms with Gasteiger partial charge in [-0.2, -0.15) is 0 Å². The quantitative estimate of drug-likeness (QED) is 0.735. The van der Waals surface area contributed by atoms with Crippen LogP contribution in [0, 0.1) is 5.82 Å². The molecule has 1 saturated heterocycles. The van der Waals surface area contributed by atoms with Crippen molar-refractivity contribution in [1.29, 1.82) is 0 Å². The zero-order valence-electron chi connectivity index (χ0n) is 19.3. The highest BCUT2D eigenvalue weighted by Crippen LogP contribution is 2.53. The van der Waals surface area contributed by atoms with Gasteiger partial charge in [0.1, 0.15) is 17.2 Å². The molecule has 33 heavy (non-hydrogen) atoms. The molecule has 0 radical (unpaired) electrons. The second-order valence-corrected chi connectivity index (χ2v) is 10.1. The van der Waals surface area contributed by atoms with Crippen molar-refractivity contribution in [2.75, 3.05) is 36.4 Å². The highest BCUT2D eigenvalue weighted by atomic mass is 19.1. The van der Waals surface area contributed by atoms with Crippen LogP contribution in [0.15, 0.2) is 30.5 Å². The van der Waals surface area contributed by atoms with Crippen LogP contribution in [-0.4, -0.2) is 53.7 Å². The minimum atomic E-state index is -0.537. The maximum absolute atomic E-state index is 14.8. The zero-order chi connectivity index (χ0) is 23.4. The van der Waals surface area contributed by atoms with Gasteiger partial charge in [0, 0.05) is 43.6 Å². The third-order valence-electron chi connectivity index (χ3n) is 6.79. The summed E-state index contributed by atoms with van der Waals surface area (Å²) in [5, 5.41) is 2.92. The van der Waals surface area contributed by atoms with Crippen molar-refractivity contribution in [2.45, 2.75) is 51.0 Å². The molecule has 2 fully saturated rings. The van der Waals surface area contributed by atoms with E-state index in [9.17, 15) is 14.0 Å². The number of carbonyl (C=O) groups excluding carboxylic acids is 2. The lowest BCUT2D eigenvalue weighted by Crippen LogP contribution is -2.50. The molecule has 2 aliphatic heterocycles. The fourth-order valence-electron chi connectivity index (χ4n) is 5.02. The monoisotopic (exact) mass is 452 g/mol. The summed E-state index contributed by atoms with van der Waals surface area (Å²) in [5.74, 6) is 0.259. The van der Waals surface area contributed by atoms with Crippen molar-refractivity contribution in [3.8, 4) is 11.1 Å². The fourth-order valence-corrected chi connectivity index (χ4v) is 5.02. The SMILES string of the molecule is CC(C)(C)OC(=O)N1CCN(c2cc(F)cc(-c3ccnc4c3C3(CCC3)C(=O)N4)c2)CC1. The number of fused-ring (bicyclic) bond motifs is 2. The number of amides is 2. The Morgan fingerprint density at radius 1 is 1.15 bits per heavy atom. The number of pyridine rings is 1. The summed E-state index contributed by atoms with van der Waals surface area (Å²) in [5.41, 5.74) is 2.17. The molecule has 8 heteroatoms. The second kappa shape index (κ2) is 7.71. The molecule has 3 heterocycles. The van der Waals surface area contributed by atoms with Gasteiger partial charge < -0.3 is 19.9 Å². The van der Waals surface area contributed by atoms with Gasteiger partial charge in [-0.05, 0) is 69.0 Å². The molecular weight excluding hydrogens is 423 g/mol. The van der Waals surface area contributed by atoms with Crippen LogP contribution >= 0.6 is 0 Å². The Morgan fingerprint density at radius 2 is 1.88 bits per heavy atom. The molecule has 0 atom stereocenters. The van der Waals surface area contributed by atoms with E-state index in [1.165, 1.54) is 12.1 Å². The first-order valence-corrected chi connectivity index (χ1v) is 11.5. The molecule has 3 aliphatic rings.